The van der Waals surface area contributed by atoms with Crippen LogP contribution in [0.2, 0.25) is 0 Å². The Balaban J connectivity index is 0.00000117. The van der Waals surface area contributed by atoms with Gasteiger partial charge < -0.3 is 16.0 Å². The van der Waals surface area contributed by atoms with Crippen LogP contribution in [0.5, 0.6) is 0 Å². The predicted molar refractivity (Wildman–Crippen MR) is 142 cm³/mol. The molecule has 5 aromatic rings. The molecule has 6 nitrogen and oxygen atoms in total. The predicted octanol–water partition coefficient (Wildman–Crippen LogP) is 5.23. The van der Waals surface area contributed by atoms with Crippen LogP contribution in [0.25, 0.3) is 38.7 Å². The van der Waals surface area contributed by atoms with Gasteiger partial charge in [-0.05, 0) is 34.7 Å². The van der Waals surface area contributed by atoms with Crippen molar-refractivity contribution < 1.29 is 0 Å². The highest BCUT2D eigenvalue weighted by Crippen LogP contribution is 2.34. The number of hydrogen-bond donors (Lipinski definition) is 2. The fourth-order valence-corrected chi connectivity index (χ4v) is 4.56. The number of benzene rings is 3. The molecular formula is C28H30N6. The van der Waals surface area contributed by atoms with Crippen LogP contribution in [-0.2, 0) is 0 Å². The number of anilines is 2. The summed E-state index contributed by atoms with van der Waals surface area (Å²) in [4.78, 5) is 7.20. The molecule has 2 aromatic heterocycles. The third kappa shape index (κ3) is 3.97. The van der Waals surface area contributed by atoms with Crippen LogP contribution in [0.3, 0.4) is 0 Å². The van der Waals surface area contributed by atoms with Gasteiger partial charge >= 0.3 is 0 Å². The van der Waals surface area contributed by atoms with Crippen molar-refractivity contribution in [3.8, 4) is 22.3 Å². The number of nitrogens with zero attached hydrogens (tertiary/aromatic N) is 4. The molecule has 0 amide bonds. The number of fused-ring (bicyclic) bond motifs is 2. The molecule has 3 N–H and O–H groups in total. The number of rotatable bonds is 3. The van der Waals surface area contributed by atoms with Gasteiger partial charge in [-0.15, -0.1) is 0 Å². The van der Waals surface area contributed by atoms with Gasteiger partial charge in [0.1, 0.15) is 0 Å². The number of nitrogens with one attached hydrogen (secondary N) is 1. The van der Waals surface area contributed by atoms with E-state index in [-0.39, 0.29) is 0 Å². The molecule has 3 heterocycles. The van der Waals surface area contributed by atoms with E-state index in [1.807, 2.05) is 55.2 Å². The lowest BCUT2D eigenvalue weighted by molar-refractivity contribution is 0.589. The first-order valence-corrected chi connectivity index (χ1v) is 11.9. The van der Waals surface area contributed by atoms with Crippen LogP contribution >= 0.6 is 0 Å². The monoisotopic (exact) mass is 450 g/mol. The van der Waals surface area contributed by atoms with Crippen molar-refractivity contribution >= 4 is 27.8 Å². The molecule has 34 heavy (non-hydrogen) atoms. The van der Waals surface area contributed by atoms with E-state index >= 15 is 0 Å². The molecule has 0 aliphatic carbocycles. The molecular weight excluding hydrogens is 420 g/mol. The number of nitrogens with two attached hydrogens (primary N) is 1. The molecule has 172 valence electrons. The Hall–Kier alpha value is -3.90. The van der Waals surface area contributed by atoms with Crippen LogP contribution < -0.4 is 16.0 Å². The first-order valence-electron chi connectivity index (χ1n) is 11.9. The summed E-state index contributed by atoms with van der Waals surface area (Å²) >= 11 is 0. The summed E-state index contributed by atoms with van der Waals surface area (Å²) in [5, 5.41) is 10.2. The largest absolute Gasteiger partial charge is 0.398 e. The SMILES string of the molecule is CC.Nc1ccc(-c2cnn3cc(-c4ccc(N5CCNCC5)cc4)cnc23)c2ccccc12. The third-order valence-electron chi connectivity index (χ3n) is 6.29. The maximum Gasteiger partial charge on any atom is 0.162 e. The minimum atomic E-state index is 0.778. The van der Waals surface area contributed by atoms with Gasteiger partial charge in [0, 0.05) is 66.5 Å². The van der Waals surface area contributed by atoms with E-state index < -0.39 is 0 Å². The molecule has 1 fully saturated rings. The van der Waals surface area contributed by atoms with E-state index in [1.54, 1.807) is 0 Å². The highest BCUT2D eigenvalue weighted by atomic mass is 15.2. The first kappa shape index (κ1) is 21.9. The van der Waals surface area contributed by atoms with E-state index in [0.29, 0.717) is 0 Å². The maximum absolute atomic E-state index is 6.19. The van der Waals surface area contributed by atoms with E-state index in [1.165, 1.54) is 5.69 Å². The lowest BCUT2D eigenvalue weighted by atomic mass is 9.99. The Kier molecular flexibility index (Phi) is 6.14. The summed E-state index contributed by atoms with van der Waals surface area (Å²) in [7, 11) is 0. The molecule has 0 bridgehead atoms. The molecule has 0 radical (unpaired) electrons. The molecule has 1 saturated heterocycles. The second-order valence-corrected chi connectivity index (χ2v) is 8.20. The number of aromatic nitrogens is 3. The van der Waals surface area contributed by atoms with Crippen molar-refractivity contribution in [1.29, 1.82) is 0 Å². The molecule has 0 saturated carbocycles. The quantitative estimate of drug-likeness (QED) is 0.368. The van der Waals surface area contributed by atoms with Crippen LogP contribution in [0.15, 0.2) is 79.3 Å². The van der Waals surface area contributed by atoms with Gasteiger partial charge in [0.25, 0.3) is 0 Å². The van der Waals surface area contributed by atoms with Gasteiger partial charge in [-0.1, -0.05) is 56.3 Å². The highest BCUT2D eigenvalue weighted by Gasteiger charge is 2.14. The fraction of sp³-hybridized carbons (Fsp3) is 0.214. The standard InChI is InChI=1S/C26H24N6.C2H6/c27-25-10-9-22(21-3-1-2-4-23(21)25)24-16-30-32-17-19(15-29-26(24)32)18-5-7-20(8-6-18)31-13-11-28-12-14-31;1-2/h1-10,15-17,28H,11-14,27H2;1-2H3. The summed E-state index contributed by atoms with van der Waals surface area (Å²) < 4.78 is 1.86. The zero-order valence-corrected chi connectivity index (χ0v) is 19.7. The molecule has 0 unspecified atom stereocenters. The second kappa shape index (κ2) is 9.53. The number of piperazine rings is 1. The van der Waals surface area contributed by atoms with Crippen LogP contribution in [0.1, 0.15) is 13.8 Å². The van der Waals surface area contributed by atoms with Crippen molar-refractivity contribution in [2.24, 2.45) is 0 Å². The van der Waals surface area contributed by atoms with Crippen LogP contribution in [0, 0.1) is 0 Å². The molecule has 0 spiro atoms. The van der Waals surface area contributed by atoms with E-state index in [0.717, 1.165) is 70.5 Å². The summed E-state index contributed by atoms with van der Waals surface area (Å²) in [6, 6.07) is 20.9. The molecule has 1 aliphatic rings. The smallest absolute Gasteiger partial charge is 0.162 e. The normalized spacial score (nSPS) is 13.6. The average Bonchev–Trinajstić information content (AvgIpc) is 3.34. The minimum absolute atomic E-state index is 0.778. The zero-order valence-electron chi connectivity index (χ0n) is 19.7. The average molecular weight is 451 g/mol. The lowest BCUT2D eigenvalue weighted by Crippen LogP contribution is -2.43. The van der Waals surface area contributed by atoms with Gasteiger partial charge in [-0.25, -0.2) is 9.50 Å². The summed E-state index contributed by atoms with van der Waals surface area (Å²) in [6.07, 6.45) is 5.86. The zero-order chi connectivity index (χ0) is 23.5. The number of nitrogen functional groups attached to an aromatic ring is 1. The van der Waals surface area contributed by atoms with Gasteiger partial charge in [0.15, 0.2) is 5.65 Å². The Bertz CT molecular complexity index is 1410. The van der Waals surface area contributed by atoms with E-state index in [9.17, 15) is 0 Å². The highest BCUT2D eigenvalue weighted by molar-refractivity contribution is 6.04. The van der Waals surface area contributed by atoms with Crippen molar-refractivity contribution in [3.05, 3.63) is 79.3 Å². The van der Waals surface area contributed by atoms with Gasteiger partial charge in [-0.2, -0.15) is 5.10 Å². The molecule has 1 aliphatic heterocycles. The van der Waals surface area contributed by atoms with Crippen molar-refractivity contribution in [1.82, 2.24) is 19.9 Å². The lowest BCUT2D eigenvalue weighted by Gasteiger charge is -2.29. The Morgan fingerprint density at radius 3 is 2.29 bits per heavy atom. The van der Waals surface area contributed by atoms with Crippen molar-refractivity contribution in [2.75, 3.05) is 36.8 Å². The molecule has 6 heteroatoms. The van der Waals surface area contributed by atoms with Gasteiger partial charge in [0.05, 0.1) is 6.20 Å². The fourth-order valence-electron chi connectivity index (χ4n) is 4.56. The minimum Gasteiger partial charge on any atom is -0.398 e. The topological polar surface area (TPSA) is 71.5 Å². The van der Waals surface area contributed by atoms with Crippen molar-refractivity contribution in [2.45, 2.75) is 13.8 Å². The first-order chi connectivity index (χ1) is 16.8. The van der Waals surface area contributed by atoms with Gasteiger partial charge in [-0.3, -0.25) is 0 Å². The Labute approximate surface area is 200 Å². The molecule has 6 rings (SSSR count). The Morgan fingerprint density at radius 1 is 0.794 bits per heavy atom. The summed E-state index contributed by atoms with van der Waals surface area (Å²) in [6.45, 7) is 8.16. The third-order valence-corrected chi connectivity index (χ3v) is 6.29. The van der Waals surface area contributed by atoms with Gasteiger partial charge in [0.2, 0.25) is 0 Å². The van der Waals surface area contributed by atoms with E-state index in [2.05, 4.69) is 57.8 Å². The number of hydrogen-bond acceptors (Lipinski definition) is 5. The summed E-state index contributed by atoms with van der Waals surface area (Å²) in [5.41, 5.74) is 13.3. The molecule has 0 atom stereocenters. The maximum atomic E-state index is 6.19. The Morgan fingerprint density at radius 2 is 1.53 bits per heavy atom. The van der Waals surface area contributed by atoms with E-state index in [4.69, 9.17) is 10.7 Å². The molecule has 3 aromatic carbocycles. The van der Waals surface area contributed by atoms with Crippen molar-refractivity contribution in [3.63, 3.8) is 0 Å². The second-order valence-electron chi connectivity index (χ2n) is 8.20. The van der Waals surface area contributed by atoms with Crippen LogP contribution in [-0.4, -0.2) is 40.8 Å². The van der Waals surface area contributed by atoms with Crippen LogP contribution in [0.4, 0.5) is 11.4 Å². The summed E-state index contributed by atoms with van der Waals surface area (Å²) in [5.74, 6) is 0.